The molecule has 0 aromatic heterocycles. The predicted octanol–water partition coefficient (Wildman–Crippen LogP) is -1.17. The number of hydrogen-bond acceptors (Lipinski definition) is 3. The number of carboxylic acid groups (broad SMARTS) is 1. The van der Waals surface area contributed by atoms with E-state index < -0.39 is 17.4 Å². The number of nitrogens with two attached hydrogens (primary N) is 2. The Bertz CT molecular complexity index is 186. The molecule has 0 saturated heterocycles. The predicted molar refractivity (Wildman–Crippen MR) is 38.6 cm³/mol. The van der Waals surface area contributed by atoms with Crippen molar-refractivity contribution in [3.8, 4) is 0 Å². The highest BCUT2D eigenvalue weighted by Crippen LogP contribution is 2.06. The zero-order valence-electron chi connectivity index (χ0n) is 5.91. The fraction of sp³-hybridized carbons (Fsp3) is 0.333. The lowest BCUT2D eigenvalue weighted by Gasteiger charge is -2.17. The second-order valence-electron chi connectivity index (χ2n) is 2.13. The Labute approximate surface area is 63.7 Å². The molecule has 0 aromatic carbocycles. The first-order valence-corrected chi connectivity index (χ1v) is 2.88. The number of carboxylic acids is 1. The highest BCUT2D eigenvalue weighted by atomic mass is 16.4. The van der Waals surface area contributed by atoms with Crippen LogP contribution in [0.2, 0.25) is 0 Å². The molecule has 0 saturated carbocycles. The Morgan fingerprint density at radius 1 is 1.64 bits per heavy atom. The van der Waals surface area contributed by atoms with E-state index in [0.717, 1.165) is 0 Å². The lowest BCUT2D eigenvalue weighted by molar-refractivity contribution is -0.147. The summed E-state index contributed by atoms with van der Waals surface area (Å²) in [7, 11) is 0. The molecule has 5 N–H and O–H groups in total. The molecule has 0 radical (unpaired) electrons. The minimum atomic E-state index is -2.01. The van der Waals surface area contributed by atoms with Gasteiger partial charge in [0, 0.05) is 6.42 Å². The van der Waals surface area contributed by atoms with Gasteiger partial charge in [-0.2, -0.15) is 0 Å². The fourth-order valence-corrected chi connectivity index (χ4v) is 0.521. The van der Waals surface area contributed by atoms with Gasteiger partial charge in [0.2, 0.25) is 5.91 Å². The first-order chi connectivity index (χ1) is 4.95. The molecule has 11 heavy (non-hydrogen) atoms. The van der Waals surface area contributed by atoms with Crippen LogP contribution in [0.3, 0.4) is 0 Å². The summed E-state index contributed by atoms with van der Waals surface area (Å²) in [6, 6.07) is 0. The standard InChI is InChI=1S/C6H10N2O3/c1-2-3-6(8,4(7)9)5(10)11/h2H,1,3,8H2,(H2,7,9)(H,10,11)/t6-/m1/s1. The van der Waals surface area contributed by atoms with Crippen LogP contribution in [0.4, 0.5) is 0 Å². The summed E-state index contributed by atoms with van der Waals surface area (Å²) in [5.74, 6) is -2.50. The van der Waals surface area contributed by atoms with Crippen LogP contribution in [0.1, 0.15) is 6.42 Å². The maximum absolute atomic E-state index is 10.5. The topological polar surface area (TPSA) is 106 Å². The minimum absolute atomic E-state index is 0.169. The first kappa shape index (κ1) is 9.64. The van der Waals surface area contributed by atoms with Crippen molar-refractivity contribution in [3.63, 3.8) is 0 Å². The molecule has 5 heteroatoms. The highest BCUT2D eigenvalue weighted by molar-refractivity contribution is 6.05. The Morgan fingerprint density at radius 3 is 2.18 bits per heavy atom. The van der Waals surface area contributed by atoms with Gasteiger partial charge in [-0.25, -0.2) is 4.79 Å². The van der Waals surface area contributed by atoms with E-state index in [1.165, 1.54) is 6.08 Å². The van der Waals surface area contributed by atoms with Crippen molar-refractivity contribution in [2.45, 2.75) is 12.0 Å². The lowest BCUT2D eigenvalue weighted by atomic mass is 9.96. The Balaban J connectivity index is 4.65. The molecule has 0 aromatic rings. The van der Waals surface area contributed by atoms with E-state index in [1.807, 2.05) is 0 Å². The van der Waals surface area contributed by atoms with E-state index in [0.29, 0.717) is 0 Å². The summed E-state index contributed by atoms with van der Waals surface area (Å²) in [6.45, 7) is 3.26. The molecular weight excluding hydrogens is 148 g/mol. The SMILES string of the molecule is C=CC[C@@](N)(C(N)=O)C(=O)O. The van der Waals surface area contributed by atoms with Crippen LogP contribution in [-0.2, 0) is 9.59 Å². The number of carbonyl (C=O) groups is 2. The first-order valence-electron chi connectivity index (χ1n) is 2.88. The molecule has 1 atom stereocenters. The molecular formula is C6H10N2O3. The molecule has 0 heterocycles. The number of aliphatic carboxylic acids is 1. The molecule has 1 amide bonds. The van der Waals surface area contributed by atoms with Gasteiger partial charge in [0.15, 0.2) is 5.54 Å². The van der Waals surface area contributed by atoms with Crippen LogP contribution in [-0.4, -0.2) is 22.5 Å². The van der Waals surface area contributed by atoms with E-state index in [2.05, 4.69) is 6.58 Å². The van der Waals surface area contributed by atoms with Crippen molar-refractivity contribution in [2.24, 2.45) is 11.5 Å². The molecule has 5 nitrogen and oxygen atoms in total. The molecule has 0 aliphatic carbocycles. The van der Waals surface area contributed by atoms with Crippen LogP contribution in [0.5, 0.6) is 0 Å². The molecule has 0 aliphatic rings. The van der Waals surface area contributed by atoms with Gasteiger partial charge in [-0.3, -0.25) is 4.79 Å². The average Bonchev–Trinajstić information content (AvgIpc) is 1.87. The summed E-state index contributed by atoms with van der Waals surface area (Å²) in [5, 5.41) is 8.46. The van der Waals surface area contributed by atoms with Crippen molar-refractivity contribution in [2.75, 3.05) is 0 Å². The zero-order valence-corrected chi connectivity index (χ0v) is 5.91. The largest absolute Gasteiger partial charge is 0.479 e. The van der Waals surface area contributed by atoms with Gasteiger partial charge in [-0.05, 0) is 0 Å². The molecule has 0 fully saturated rings. The highest BCUT2D eigenvalue weighted by Gasteiger charge is 2.39. The number of rotatable bonds is 4. The molecule has 62 valence electrons. The summed E-state index contributed by atoms with van der Waals surface area (Å²) in [4.78, 5) is 20.9. The normalized spacial score (nSPS) is 15.0. The van der Waals surface area contributed by atoms with Gasteiger partial charge >= 0.3 is 5.97 Å². The summed E-state index contributed by atoms with van der Waals surface area (Å²) < 4.78 is 0. The smallest absolute Gasteiger partial charge is 0.333 e. The second kappa shape index (κ2) is 3.16. The minimum Gasteiger partial charge on any atom is -0.479 e. The van der Waals surface area contributed by atoms with Crippen LogP contribution in [0.15, 0.2) is 12.7 Å². The summed E-state index contributed by atoms with van der Waals surface area (Å²) in [5.41, 5.74) is 7.90. The van der Waals surface area contributed by atoms with Gasteiger partial charge in [-0.1, -0.05) is 6.08 Å². The van der Waals surface area contributed by atoms with Crippen molar-refractivity contribution < 1.29 is 14.7 Å². The van der Waals surface area contributed by atoms with Crippen LogP contribution in [0, 0.1) is 0 Å². The fourth-order valence-electron chi connectivity index (χ4n) is 0.521. The third-order valence-corrected chi connectivity index (χ3v) is 1.29. The van der Waals surface area contributed by atoms with Crippen LogP contribution >= 0.6 is 0 Å². The van der Waals surface area contributed by atoms with Crippen molar-refractivity contribution in [3.05, 3.63) is 12.7 Å². The van der Waals surface area contributed by atoms with Crippen LogP contribution < -0.4 is 11.5 Å². The summed E-state index contributed by atoms with van der Waals surface area (Å²) >= 11 is 0. The quantitative estimate of drug-likeness (QED) is 0.354. The summed E-state index contributed by atoms with van der Waals surface area (Å²) in [6.07, 6.45) is 1.07. The monoisotopic (exact) mass is 158 g/mol. The average molecular weight is 158 g/mol. The van der Waals surface area contributed by atoms with Crippen molar-refractivity contribution >= 4 is 11.9 Å². The van der Waals surface area contributed by atoms with Gasteiger partial charge in [0.1, 0.15) is 0 Å². The lowest BCUT2D eigenvalue weighted by Crippen LogP contribution is -2.57. The van der Waals surface area contributed by atoms with E-state index in [-0.39, 0.29) is 6.42 Å². The second-order valence-corrected chi connectivity index (χ2v) is 2.13. The number of carbonyl (C=O) groups excluding carboxylic acids is 1. The Hall–Kier alpha value is -1.36. The zero-order chi connectivity index (χ0) is 9.07. The number of hydrogen-bond donors (Lipinski definition) is 3. The van der Waals surface area contributed by atoms with Crippen LogP contribution in [0.25, 0.3) is 0 Å². The third kappa shape index (κ3) is 1.78. The Kier molecular flexibility index (Phi) is 2.77. The maximum atomic E-state index is 10.5. The maximum Gasteiger partial charge on any atom is 0.333 e. The third-order valence-electron chi connectivity index (χ3n) is 1.29. The van der Waals surface area contributed by atoms with Gasteiger partial charge in [-0.15, -0.1) is 6.58 Å². The molecule has 0 rings (SSSR count). The molecule has 0 bridgehead atoms. The van der Waals surface area contributed by atoms with Gasteiger partial charge < -0.3 is 16.6 Å². The number of amides is 1. The van der Waals surface area contributed by atoms with E-state index >= 15 is 0 Å². The van der Waals surface area contributed by atoms with E-state index in [9.17, 15) is 9.59 Å². The van der Waals surface area contributed by atoms with Gasteiger partial charge in [0.05, 0.1) is 0 Å². The van der Waals surface area contributed by atoms with Crippen molar-refractivity contribution in [1.82, 2.24) is 0 Å². The van der Waals surface area contributed by atoms with Gasteiger partial charge in [0.25, 0.3) is 0 Å². The number of primary amides is 1. The molecule has 0 aliphatic heterocycles. The van der Waals surface area contributed by atoms with E-state index in [1.54, 1.807) is 0 Å². The Morgan fingerprint density at radius 2 is 2.09 bits per heavy atom. The van der Waals surface area contributed by atoms with Crippen molar-refractivity contribution in [1.29, 1.82) is 0 Å². The molecule has 0 spiro atoms. The molecule has 0 unspecified atom stereocenters. The van der Waals surface area contributed by atoms with E-state index in [4.69, 9.17) is 16.6 Å².